The summed E-state index contributed by atoms with van der Waals surface area (Å²) in [6.45, 7) is 0. The SMILES string of the molecule is [2H]c1cccc2c1C=CC2[2H]. The molecule has 0 amide bonds. The van der Waals surface area contributed by atoms with Gasteiger partial charge in [-0.05, 0) is 17.5 Å². The molecule has 1 aromatic carbocycles. The molecule has 1 aliphatic carbocycles. The van der Waals surface area contributed by atoms with Crippen molar-refractivity contribution in [2.75, 3.05) is 0 Å². The Labute approximate surface area is 57.6 Å². The lowest BCUT2D eigenvalue weighted by Gasteiger charge is -1.93. The Morgan fingerprint density at radius 3 is 3.44 bits per heavy atom. The van der Waals surface area contributed by atoms with Crippen molar-refractivity contribution in [3.63, 3.8) is 0 Å². The van der Waals surface area contributed by atoms with Gasteiger partial charge in [0.15, 0.2) is 0 Å². The predicted molar refractivity (Wildman–Crippen MR) is 39.2 cm³/mol. The summed E-state index contributed by atoms with van der Waals surface area (Å²) in [5.74, 6) is 0. The number of benzene rings is 1. The van der Waals surface area contributed by atoms with E-state index in [1.165, 1.54) is 0 Å². The summed E-state index contributed by atoms with van der Waals surface area (Å²) in [5.41, 5.74) is 1.87. The second kappa shape index (κ2) is 1.73. The van der Waals surface area contributed by atoms with Gasteiger partial charge in [0.05, 0.1) is 1.37 Å². The number of fused-ring (bicyclic) bond motifs is 1. The molecule has 0 heterocycles. The van der Waals surface area contributed by atoms with Crippen LogP contribution >= 0.6 is 0 Å². The van der Waals surface area contributed by atoms with Gasteiger partial charge in [-0.1, -0.05) is 36.4 Å². The number of hydrogen-bond acceptors (Lipinski definition) is 0. The Kier molecular flexibility index (Phi) is 0.616. The molecular formula is C9H8. The van der Waals surface area contributed by atoms with E-state index in [1.807, 2.05) is 24.3 Å². The first-order chi connectivity index (χ1) is 5.29. The third-order valence-electron chi connectivity index (χ3n) is 1.46. The third-order valence-corrected chi connectivity index (χ3v) is 1.46. The minimum absolute atomic E-state index is 0.254. The summed E-state index contributed by atoms with van der Waals surface area (Å²) in [6.07, 6.45) is 3.41. The number of hydrogen-bond donors (Lipinski definition) is 0. The Hall–Kier alpha value is -1.04. The first-order valence-corrected chi connectivity index (χ1v) is 2.99. The van der Waals surface area contributed by atoms with Crippen LogP contribution in [0.25, 0.3) is 6.08 Å². The van der Waals surface area contributed by atoms with Gasteiger partial charge in [-0.15, -0.1) is 0 Å². The van der Waals surface area contributed by atoms with E-state index in [4.69, 9.17) is 2.74 Å². The van der Waals surface area contributed by atoms with E-state index < -0.39 is 0 Å². The quantitative estimate of drug-likeness (QED) is 0.490. The molecule has 0 aromatic heterocycles. The summed E-state index contributed by atoms with van der Waals surface area (Å²) in [5, 5.41) is 0. The highest BCUT2D eigenvalue weighted by Gasteiger charge is 2.00. The molecule has 0 spiro atoms. The molecule has 0 radical (unpaired) electrons. The van der Waals surface area contributed by atoms with Gasteiger partial charge in [-0.25, -0.2) is 0 Å². The van der Waals surface area contributed by atoms with Gasteiger partial charge in [0, 0.05) is 1.37 Å². The van der Waals surface area contributed by atoms with Crippen LogP contribution in [0.15, 0.2) is 30.3 Å². The largest absolute Gasteiger partial charge is 0.0795 e. The zero-order valence-electron chi connectivity index (χ0n) is 6.96. The fourth-order valence-corrected chi connectivity index (χ4v) is 1.00. The van der Waals surface area contributed by atoms with Crippen LogP contribution in [0.4, 0.5) is 0 Å². The summed E-state index contributed by atoms with van der Waals surface area (Å²) < 4.78 is 15.0. The Balaban J connectivity index is 2.65. The maximum atomic E-state index is 7.54. The maximum Gasteiger partial charge on any atom is 0.0629 e. The fourth-order valence-electron chi connectivity index (χ4n) is 1.00. The molecule has 1 unspecified atom stereocenters. The van der Waals surface area contributed by atoms with Crippen molar-refractivity contribution >= 4 is 6.08 Å². The average molecular weight is 118 g/mol. The van der Waals surface area contributed by atoms with Gasteiger partial charge < -0.3 is 0 Å². The van der Waals surface area contributed by atoms with Crippen LogP contribution in [-0.2, 0) is 6.40 Å². The third kappa shape index (κ3) is 0.672. The first-order valence-electron chi connectivity index (χ1n) is 4.07. The second-order valence-electron chi connectivity index (χ2n) is 2.06. The van der Waals surface area contributed by atoms with E-state index >= 15 is 0 Å². The van der Waals surface area contributed by atoms with Crippen LogP contribution in [0, 0.1) is 0 Å². The topological polar surface area (TPSA) is 0 Å². The maximum absolute atomic E-state index is 7.54. The molecule has 1 aromatic rings. The second-order valence-corrected chi connectivity index (χ2v) is 2.06. The normalized spacial score (nSPS) is 25.1. The highest BCUT2D eigenvalue weighted by Crippen LogP contribution is 2.17. The highest BCUT2D eigenvalue weighted by molar-refractivity contribution is 5.59. The summed E-state index contributed by atoms with van der Waals surface area (Å²) in [6, 6.07) is 6.01. The van der Waals surface area contributed by atoms with E-state index in [9.17, 15) is 0 Å². The molecule has 0 bridgehead atoms. The number of allylic oxidation sites excluding steroid dienone is 1. The minimum atomic E-state index is -0.254. The monoisotopic (exact) mass is 118 g/mol. The van der Waals surface area contributed by atoms with Crippen molar-refractivity contribution in [1.29, 1.82) is 0 Å². The molecule has 0 N–H and O–H groups in total. The van der Waals surface area contributed by atoms with Crippen molar-refractivity contribution in [3.05, 3.63) is 41.4 Å². The molecular weight excluding hydrogens is 108 g/mol. The molecule has 0 saturated heterocycles. The lowest BCUT2D eigenvalue weighted by Crippen LogP contribution is -1.76. The summed E-state index contributed by atoms with van der Waals surface area (Å²) in [4.78, 5) is 0. The van der Waals surface area contributed by atoms with E-state index in [2.05, 4.69) is 0 Å². The Bertz CT molecular complexity index is 315. The zero-order valence-corrected chi connectivity index (χ0v) is 4.96. The predicted octanol–water partition coefficient (Wildman–Crippen LogP) is 2.26. The Morgan fingerprint density at radius 1 is 1.56 bits per heavy atom. The molecule has 0 saturated carbocycles. The molecule has 0 aliphatic heterocycles. The highest BCUT2D eigenvalue weighted by atomic mass is 14.0. The summed E-state index contributed by atoms with van der Waals surface area (Å²) >= 11 is 0. The smallest absolute Gasteiger partial charge is 0.0629 e. The molecule has 2 rings (SSSR count). The van der Waals surface area contributed by atoms with Crippen molar-refractivity contribution in [3.8, 4) is 0 Å². The van der Waals surface area contributed by atoms with Gasteiger partial charge in [0.25, 0.3) is 0 Å². The molecule has 0 heteroatoms. The molecule has 0 nitrogen and oxygen atoms in total. The van der Waals surface area contributed by atoms with Gasteiger partial charge >= 0.3 is 0 Å². The van der Waals surface area contributed by atoms with Crippen molar-refractivity contribution in [2.24, 2.45) is 0 Å². The molecule has 1 aliphatic rings. The lowest BCUT2D eigenvalue weighted by atomic mass is 10.1. The first kappa shape index (κ1) is 3.21. The minimum Gasteiger partial charge on any atom is -0.0795 e. The van der Waals surface area contributed by atoms with Crippen LogP contribution in [0.2, 0.25) is 0 Å². The van der Waals surface area contributed by atoms with Crippen molar-refractivity contribution in [1.82, 2.24) is 0 Å². The summed E-state index contributed by atoms with van der Waals surface area (Å²) in [7, 11) is 0. The van der Waals surface area contributed by atoms with Crippen molar-refractivity contribution < 1.29 is 2.74 Å². The molecule has 0 fully saturated rings. The van der Waals surface area contributed by atoms with Crippen LogP contribution in [0.3, 0.4) is 0 Å². The fraction of sp³-hybridized carbons (Fsp3) is 0.111. The molecule has 9 heavy (non-hydrogen) atoms. The molecule has 1 atom stereocenters. The van der Waals surface area contributed by atoms with Gasteiger partial charge in [0.2, 0.25) is 0 Å². The van der Waals surface area contributed by atoms with Crippen LogP contribution in [0.1, 0.15) is 13.9 Å². The van der Waals surface area contributed by atoms with E-state index in [-0.39, 0.29) is 6.40 Å². The van der Waals surface area contributed by atoms with Gasteiger partial charge in [0.1, 0.15) is 0 Å². The van der Waals surface area contributed by atoms with Gasteiger partial charge in [-0.3, -0.25) is 0 Å². The molecule has 44 valence electrons. The Morgan fingerprint density at radius 2 is 2.56 bits per heavy atom. The van der Waals surface area contributed by atoms with E-state index in [1.54, 1.807) is 6.07 Å². The average Bonchev–Trinajstić information content (AvgIpc) is 2.35. The van der Waals surface area contributed by atoms with Crippen LogP contribution in [0.5, 0.6) is 0 Å². The van der Waals surface area contributed by atoms with Crippen LogP contribution < -0.4 is 0 Å². The lowest BCUT2D eigenvalue weighted by molar-refractivity contribution is 1.31. The van der Waals surface area contributed by atoms with E-state index in [0.29, 0.717) is 6.04 Å². The van der Waals surface area contributed by atoms with Crippen molar-refractivity contribution in [2.45, 2.75) is 6.40 Å². The van der Waals surface area contributed by atoms with Crippen LogP contribution in [-0.4, -0.2) is 0 Å². The number of rotatable bonds is 0. The van der Waals surface area contributed by atoms with E-state index in [0.717, 1.165) is 11.1 Å². The standard InChI is InChI=1S/C9H8/c1-2-5-9-7-3-6-8(9)4-1/h1-6H,7H2/i4D,7D. The zero-order chi connectivity index (χ0) is 7.84. The van der Waals surface area contributed by atoms with Gasteiger partial charge in [-0.2, -0.15) is 0 Å².